The first-order valence-corrected chi connectivity index (χ1v) is 6.56. The van der Waals surface area contributed by atoms with Gasteiger partial charge in [-0.15, -0.1) is 0 Å². The molecule has 1 N–H and O–H groups in total. The lowest BCUT2D eigenvalue weighted by atomic mass is 9.79. The SMILES string of the molecule is FC(F)(F)C(F)(F)[C@@]1(c2ccccc2)CCCCCN1. The number of rotatable bonds is 2. The van der Waals surface area contributed by atoms with Gasteiger partial charge in [0.2, 0.25) is 0 Å². The quantitative estimate of drug-likeness (QED) is 0.804. The second-order valence-corrected chi connectivity index (χ2v) is 5.08. The van der Waals surface area contributed by atoms with Crippen LogP contribution in [0.15, 0.2) is 30.3 Å². The summed E-state index contributed by atoms with van der Waals surface area (Å²) >= 11 is 0. The lowest BCUT2D eigenvalue weighted by molar-refractivity contribution is -0.315. The monoisotopic (exact) mass is 293 g/mol. The maximum Gasteiger partial charge on any atom is 0.455 e. The van der Waals surface area contributed by atoms with E-state index in [9.17, 15) is 22.0 Å². The van der Waals surface area contributed by atoms with Crippen LogP contribution in [0.4, 0.5) is 22.0 Å². The van der Waals surface area contributed by atoms with Crippen LogP contribution >= 0.6 is 0 Å². The Bertz CT molecular complexity index is 433. The number of benzene rings is 1. The zero-order chi connectivity index (χ0) is 14.9. The molecular formula is C14H16F5N. The van der Waals surface area contributed by atoms with Crippen molar-refractivity contribution < 1.29 is 22.0 Å². The van der Waals surface area contributed by atoms with Crippen LogP contribution < -0.4 is 5.32 Å². The third-order valence-corrected chi connectivity index (χ3v) is 3.81. The minimum absolute atomic E-state index is 0.00998. The molecular weight excluding hydrogens is 277 g/mol. The Hall–Kier alpha value is -1.17. The summed E-state index contributed by atoms with van der Waals surface area (Å²) < 4.78 is 67.0. The maximum absolute atomic E-state index is 14.2. The van der Waals surface area contributed by atoms with E-state index in [1.165, 1.54) is 24.3 Å². The van der Waals surface area contributed by atoms with Crippen molar-refractivity contribution in [1.29, 1.82) is 0 Å². The molecule has 1 atom stereocenters. The molecule has 1 fully saturated rings. The molecule has 0 radical (unpaired) electrons. The molecule has 0 aliphatic carbocycles. The molecule has 1 nitrogen and oxygen atoms in total. The van der Waals surface area contributed by atoms with E-state index >= 15 is 0 Å². The molecule has 0 saturated carbocycles. The first-order valence-electron chi connectivity index (χ1n) is 6.56. The molecule has 2 rings (SSSR count). The summed E-state index contributed by atoms with van der Waals surface area (Å²) in [4.78, 5) is 0. The summed E-state index contributed by atoms with van der Waals surface area (Å²) in [7, 11) is 0. The minimum atomic E-state index is -5.58. The number of nitrogens with one attached hydrogen (secondary N) is 1. The van der Waals surface area contributed by atoms with Gasteiger partial charge in [0, 0.05) is 0 Å². The van der Waals surface area contributed by atoms with Crippen molar-refractivity contribution in [3.63, 3.8) is 0 Å². The fraction of sp³-hybridized carbons (Fsp3) is 0.571. The summed E-state index contributed by atoms with van der Waals surface area (Å²) in [5.74, 6) is -4.81. The van der Waals surface area contributed by atoms with Crippen molar-refractivity contribution in [2.45, 2.75) is 43.3 Å². The van der Waals surface area contributed by atoms with Crippen LogP contribution in [0.5, 0.6) is 0 Å². The van der Waals surface area contributed by atoms with Crippen LogP contribution in [-0.2, 0) is 5.54 Å². The number of hydrogen-bond donors (Lipinski definition) is 1. The highest BCUT2D eigenvalue weighted by molar-refractivity contribution is 5.29. The van der Waals surface area contributed by atoms with Crippen molar-refractivity contribution in [3.8, 4) is 0 Å². The molecule has 0 unspecified atom stereocenters. The van der Waals surface area contributed by atoms with Gasteiger partial charge in [-0.05, 0) is 24.9 Å². The summed E-state index contributed by atoms with van der Waals surface area (Å²) in [6.07, 6.45) is -4.23. The van der Waals surface area contributed by atoms with E-state index in [-0.39, 0.29) is 18.5 Å². The van der Waals surface area contributed by atoms with Crippen LogP contribution in [0, 0.1) is 0 Å². The molecule has 1 aromatic carbocycles. The van der Waals surface area contributed by atoms with Gasteiger partial charge in [-0.1, -0.05) is 43.2 Å². The average molecular weight is 293 g/mol. The predicted octanol–water partition coefficient (Wildman–Crippen LogP) is 4.24. The molecule has 112 valence electrons. The minimum Gasteiger partial charge on any atom is -0.302 e. The summed E-state index contributed by atoms with van der Waals surface area (Å²) in [6.45, 7) is 0.153. The second kappa shape index (κ2) is 5.31. The number of halogens is 5. The fourth-order valence-electron chi connectivity index (χ4n) is 2.74. The molecule has 1 saturated heterocycles. The van der Waals surface area contributed by atoms with E-state index in [1.54, 1.807) is 6.07 Å². The van der Waals surface area contributed by atoms with Crippen molar-refractivity contribution >= 4 is 0 Å². The zero-order valence-electron chi connectivity index (χ0n) is 10.8. The second-order valence-electron chi connectivity index (χ2n) is 5.08. The molecule has 1 aromatic rings. The predicted molar refractivity (Wildman–Crippen MR) is 65.6 cm³/mol. The van der Waals surface area contributed by atoms with Gasteiger partial charge in [-0.2, -0.15) is 22.0 Å². The highest BCUT2D eigenvalue weighted by Crippen LogP contribution is 2.51. The van der Waals surface area contributed by atoms with Gasteiger partial charge in [0.25, 0.3) is 0 Å². The molecule has 0 amide bonds. The van der Waals surface area contributed by atoms with Gasteiger partial charge in [0.15, 0.2) is 0 Å². The van der Waals surface area contributed by atoms with Gasteiger partial charge in [-0.3, -0.25) is 0 Å². The van der Waals surface area contributed by atoms with Gasteiger partial charge in [0.1, 0.15) is 5.54 Å². The maximum atomic E-state index is 14.2. The van der Waals surface area contributed by atoms with Crippen LogP contribution in [0.1, 0.15) is 31.2 Å². The molecule has 0 aromatic heterocycles. The first-order chi connectivity index (χ1) is 9.31. The highest BCUT2D eigenvalue weighted by atomic mass is 19.4. The Morgan fingerprint density at radius 1 is 0.900 bits per heavy atom. The lowest BCUT2D eigenvalue weighted by Crippen LogP contribution is -2.62. The normalized spacial score (nSPS) is 25.2. The molecule has 6 heteroatoms. The summed E-state index contributed by atoms with van der Waals surface area (Å²) in [5, 5.41) is 2.49. The Kier molecular flexibility index (Phi) is 4.04. The fourth-order valence-corrected chi connectivity index (χ4v) is 2.74. The largest absolute Gasteiger partial charge is 0.455 e. The van der Waals surface area contributed by atoms with E-state index in [0.29, 0.717) is 19.3 Å². The average Bonchev–Trinajstić information content (AvgIpc) is 2.65. The van der Waals surface area contributed by atoms with E-state index in [2.05, 4.69) is 5.32 Å². The van der Waals surface area contributed by atoms with Gasteiger partial charge >= 0.3 is 12.1 Å². The summed E-state index contributed by atoms with van der Waals surface area (Å²) in [6, 6.07) is 7.22. The Labute approximate surface area is 114 Å². The number of hydrogen-bond acceptors (Lipinski definition) is 1. The molecule has 1 aliphatic heterocycles. The molecule has 20 heavy (non-hydrogen) atoms. The molecule has 1 heterocycles. The molecule has 0 bridgehead atoms. The lowest BCUT2D eigenvalue weighted by Gasteiger charge is -2.41. The summed E-state index contributed by atoms with van der Waals surface area (Å²) in [5.41, 5.74) is -2.38. The van der Waals surface area contributed by atoms with Crippen molar-refractivity contribution in [2.24, 2.45) is 0 Å². The van der Waals surface area contributed by atoms with Crippen LogP contribution in [0.3, 0.4) is 0 Å². The van der Waals surface area contributed by atoms with Crippen LogP contribution in [-0.4, -0.2) is 18.6 Å². The standard InChI is InChI=1S/C14H16F5N/c15-13(16,14(17,18)19)12(9-5-2-6-10-20-12)11-7-3-1-4-8-11/h1,3-4,7-8,20H,2,5-6,9-10H2/t12-/m0/s1. The third-order valence-electron chi connectivity index (χ3n) is 3.81. The van der Waals surface area contributed by atoms with E-state index in [1.807, 2.05) is 0 Å². The van der Waals surface area contributed by atoms with Gasteiger partial charge in [-0.25, -0.2) is 0 Å². The molecule has 1 aliphatic rings. The molecule has 0 spiro atoms. The smallest absolute Gasteiger partial charge is 0.302 e. The van der Waals surface area contributed by atoms with Gasteiger partial charge < -0.3 is 5.32 Å². The zero-order valence-corrected chi connectivity index (χ0v) is 10.8. The highest BCUT2D eigenvalue weighted by Gasteiger charge is 2.70. The topological polar surface area (TPSA) is 12.0 Å². The third kappa shape index (κ3) is 2.41. The Morgan fingerprint density at radius 2 is 1.55 bits per heavy atom. The van der Waals surface area contributed by atoms with E-state index in [4.69, 9.17) is 0 Å². The number of alkyl halides is 5. The van der Waals surface area contributed by atoms with Crippen LogP contribution in [0.25, 0.3) is 0 Å². The van der Waals surface area contributed by atoms with Crippen molar-refractivity contribution in [1.82, 2.24) is 5.32 Å². The first kappa shape index (κ1) is 15.2. The van der Waals surface area contributed by atoms with Crippen LogP contribution in [0.2, 0.25) is 0 Å². The van der Waals surface area contributed by atoms with E-state index in [0.717, 1.165) is 0 Å². The van der Waals surface area contributed by atoms with Crippen molar-refractivity contribution in [2.75, 3.05) is 6.54 Å². The van der Waals surface area contributed by atoms with E-state index < -0.39 is 17.6 Å². The Morgan fingerprint density at radius 3 is 2.15 bits per heavy atom. The van der Waals surface area contributed by atoms with Crippen molar-refractivity contribution in [3.05, 3.63) is 35.9 Å². The van der Waals surface area contributed by atoms with Gasteiger partial charge in [0.05, 0.1) is 0 Å². The Balaban J connectivity index is 2.55.